The number of aryl methyl sites for hydroxylation is 1. The summed E-state index contributed by atoms with van der Waals surface area (Å²) >= 11 is 5.99. The summed E-state index contributed by atoms with van der Waals surface area (Å²) < 4.78 is 0. The Balaban J connectivity index is 2.00. The molecule has 0 aromatic heterocycles. The number of carbonyl (C=O) groups excluding carboxylic acids is 2. The zero-order valence-corrected chi connectivity index (χ0v) is 13.5. The van der Waals surface area contributed by atoms with Crippen molar-refractivity contribution in [3.63, 3.8) is 0 Å². The van der Waals surface area contributed by atoms with Crippen molar-refractivity contribution in [1.82, 2.24) is 10.2 Å². The third kappa shape index (κ3) is 3.08. The van der Waals surface area contributed by atoms with Gasteiger partial charge in [0.15, 0.2) is 0 Å². The van der Waals surface area contributed by atoms with Crippen LogP contribution in [-0.2, 0) is 4.79 Å². The number of carbonyl (C=O) groups is 2. The van der Waals surface area contributed by atoms with Crippen molar-refractivity contribution in [3.8, 4) is 0 Å². The Morgan fingerprint density at radius 3 is 2.74 bits per heavy atom. The molecule has 2 aromatic carbocycles. The van der Waals surface area contributed by atoms with E-state index < -0.39 is 6.04 Å². The molecule has 1 atom stereocenters. The van der Waals surface area contributed by atoms with Crippen LogP contribution < -0.4 is 5.32 Å². The molecule has 1 aliphatic rings. The Morgan fingerprint density at radius 1 is 1.22 bits per heavy atom. The first-order chi connectivity index (χ1) is 11.1. The lowest BCUT2D eigenvalue weighted by Gasteiger charge is -2.36. The Morgan fingerprint density at radius 2 is 2.00 bits per heavy atom. The highest BCUT2D eigenvalue weighted by Crippen LogP contribution is 2.28. The number of hydrogen-bond donors (Lipinski definition) is 1. The summed E-state index contributed by atoms with van der Waals surface area (Å²) in [6, 6.07) is 13.8. The SMILES string of the molecule is Cc1ccccc1C1C(=O)NCCN1C(=O)c1cccc(Cl)c1. The highest BCUT2D eigenvalue weighted by atomic mass is 35.5. The molecule has 1 fully saturated rings. The van der Waals surface area contributed by atoms with Crippen LogP contribution in [0.25, 0.3) is 0 Å². The molecular formula is C18H17ClN2O2. The molecule has 23 heavy (non-hydrogen) atoms. The van der Waals surface area contributed by atoms with Crippen LogP contribution in [0.2, 0.25) is 5.02 Å². The maximum Gasteiger partial charge on any atom is 0.254 e. The predicted molar refractivity (Wildman–Crippen MR) is 89.4 cm³/mol. The van der Waals surface area contributed by atoms with E-state index in [4.69, 9.17) is 11.6 Å². The van der Waals surface area contributed by atoms with Crippen LogP contribution in [0.5, 0.6) is 0 Å². The summed E-state index contributed by atoms with van der Waals surface area (Å²) in [6.07, 6.45) is 0. The standard InChI is InChI=1S/C18H17ClN2O2/c1-12-5-2-3-8-15(12)16-17(22)20-9-10-21(16)18(23)13-6-4-7-14(19)11-13/h2-8,11,16H,9-10H2,1H3,(H,20,22). The molecule has 4 nitrogen and oxygen atoms in total. The van der Waals surface area contributed by atoms with E-state index in [-0.39, 0.29) is 11.8 Å². The fraction of sp³-hybridized carbons (Fsp3) is 0.222. The number of nitrogens with one attached hydrogen (secondary N) is 1. The number of hydrogen-bond acceptors (Lipinski definition) is 2. The second kappa shape index (κ2) is 6.42. The van der Waals surface area contributed by atoms with Gasteiger partial charge in [-0.1, -0.05) is 41.9 Å². The van der Waals surface area contributed by atoms with Crippen LogP contribution >= 0.6 is 11.6 Å². The highest BCUT2D eigenvalue weighted by molar-refractivity contribution is 6.31. The first-order valence-electron chi connectivity index (χ1n) is 7.47. The number of halogens is 1. The molecule has 3 rings (SSSR count). The summed E-state index contributed by atoms with van der Waals surface area (Å²) in [5.41, 5.74) is 2.32. The van der Waals surface area contributed by atoms with Gasteiger partial charge in [0, 0.05) is 23.7 Å². The number of piperazine rings is 1. The van der Waals surface area contributed by atoms with Crippen LogP contribution in [0, 0.1) is 6.92 Å². The zero-order chi connectivity index (χ0) is 16.4. The Bertz CT molecular complexity index is 760. The predicted octanol–water partition coefficient (Wildman–Crippen LogP) is 2.96. The number of rotatable bonds is 2. The van der Waals surface area contributed by atoms with Crippen molar-refractivity contribution in [1.29, 1.82) is 0 Å². The summed E-state index contributed by atoms with van der Waals surface area (Å²) in [5, 5.41) is 3.35. The van der Waals surface area contributed by atoms with Gasteiger partial charge in [-0.2, -0.15) is 0 Å². The minimum atomic E-state index is -0.614. The molecular weight excluding hydrogens is 312 g/mol. The van der Waals surface area contributed by atoms with Crippen LogP contribution in [-0.4, -0.2) is 29.8 Å². The van der Waals surface area contributed by atoms with E-state index in [0.717, 1.165) is 11.1 Å². The summed E-state index contributed by atoms with van der Waals surface area (Å²) in [7, 11) is 0. The lowest BCUT2D eigenvalue weighted by Crippen LogP contribution is -2.52. The van der Waals surface area contributed by atoms with E-state index >= 15 is 0 Å². The van der Waals surface area contributed by atoms with Crippen molar-refractivity contribution in [2.75, 3.05) is 13.1 Å². The number of benzene rings is 2. The maximum atomic E-state index is 12.9. The Hall–Kier alpha value is -2.33. The summed E-state index contributed by atoms with van der Waals surface area (Å²) in [5.74, 6) is -0.337. The van der Waals surface area contributed by atoms with Gasteiger partial charge < -0.3 is 10.2 Å². The molecule has 1 saturated heterocycles. The average molecular weight is 329 g/mol. The van der Waals surface area contributed by atoms with E-state index in [1.165, 1.54) is 0 Å². The smallest absolute Gasteiger partial charge is 0.254 e. The van der Waals surface area contributed by atoms with Gasteiger partial charge in [0.25, 0.3) is 5.91 Å². The molecule has 0 aliphatic carbocycles. The first-order valence-corrected chi connectivity index (χ1v) is 7.85. The van der Waals surface area contributed by atoms with E-state index in [1.807, 2.05) is 31.2 Å². The topological polar surface area (TPSA) is 49.4 Å². The molecule has 0 bridgehead atoms. The molecule has 2 amide bonds. The summed E-state index contributed by atoms with van der Waals surface area (Å²) in [4.78, 5) is 26.9. The fourth-order valence-corrected chi connectivity index (χ4v) is 3.07. The third-order valence-electron chi connectivity index (χ3n) is 4.03. The van der Waals surface area contributed by atoms with Crippen LogP contribution in [0.4, 0.5) is 0 Å². The zero-order valence-electron chi connectivity index (χ0n) is 12.8. The second-order valence-electron chi connectivity index (χ2n) is 5.56. The van der Waals surface area contributed by atoms with Gasteiger partial charge in [0.05, 0.1) is 0 Å². The third-order valence-corrected chi connectivity index (χ3v) is 4.26. The van der Waals surface area contributed by atoms with Crippen molar-refractivity contribution in [2.24, 2.45) is 0 Å². The Labute approximate surface area is 140 Å². The highest BCUT2D eigenvalue weighted by Gasteiger charge is 2.35. The molecule has 1 heterocycles. The van der Waals surface area contributed by atoms with Crippen LogP contribution in [0.1, 0.15) is 27.5 Å². The van der Waals surface area contributed by atoms with E-state index in [9.17, 15) is 9.59 Å². The molecule has 1 N–H and O–H groups in total. The van der Waals surface area contributed by atoms with Crippen LogP contribution in [0.15, 0.2) is 48.5 Å². The van der Waals surface area contributed by atoms with E-state index in [2.05, 4.69) is 5.32 Å². The van der Waals surface area contributed by atoms with Gasteiger partial charge in [-0.15, -0.1) is 0 Å². The molecule has 0 radical (unpaired) electrons. The minimum absolute atomic E-state index is 0.152. The number of amides is 2. The van der Waals surface area contributed by atoms with Crippen molar-refractivity contribution >= 4 is 23.4 Å². The normalized spacial score (nSPS) is 17.7. The lowest BCUT2D eigenvalue weighted by atomic mass is 9.97. The Kier molecular flexibility index (Phi) is 4.35. The quantitative estimate of drug-likeness (QED) is 0.921. The first kappa shape index (κ1) is 15.6. The van der Waals surface area contributed by atoms with Crippen molar-refractivity contribution in [3.05, 3.63) is 70.2 Å². The largest absolute Gasteiger partial charge is 0.352 e. The van der Waals surface area contributed by atoms with Gasteiger partial charge in [0.1, 0.15) is 6.04 Å². The molecule has 0 saturated carbocycles. The van der Waals surface area contributed by atoms with Gasteiger partial charge in [-0.05, 0) is 36.2 Å². The van der Waals surface area contributed by atoms with Crippen molar-refractivity contribution in [2.45, 2.75) is 13.0 Å². The van der Waals surface area contributed by atoms with Gasteiger partial charge in [-0.25, -0.2) is 0 Å². The second-order valence-corrected chi connectivity index (χ2v) is 6.00. The van der Waals surface area contributed by atoms with Crippen molar-refractivity contribution < 1.29 is 9.59 Å². The average Bonchev–Trinajstić information content (AvgIpc) is 2.55. The lowest BCUT2D eigenvalue weighted by molar-refractivity contribution is -0.128. The summed E-state index contributed by atoms with van der Waals surface area (Å²) in [6.45, 7) is 2.86. The molecule has 2 aromatic rings. The molecule has 1 aliphatic heterocycles. The number of nitrogens with zero attached hydrogens (tertiary/aromatic N) is 1. The van der Waals surface area contributed by atoms with Gasteiger partial charge in [-0.3, -0.25) is 9.59 Å². The van der Waals surface area contributed by atoms with E-state index in [0.29, 0.717) is 23.7 Å². The molecule has 5 heteroatoms. The molecule has 0 spiro atoms. The molecule has 118 valence electrons. The minimum Gasteiger partial charge on any atom is -0.352 e. The van der Waals surface area contributed by atoms with Gasteiger partial charge in [0.2, 0.25) is 5.91 Å². The van der Waals surface area contributed by atoms with Crippen LogP contribution in [0.3, 0.4) is 0 Å². The van der Waals surface area contributed by atoms with E-state index in [1.54, 1.807) is 29.2 Å². The van der Waals surface area contributed by atoms with Gasteiger partial charge >= 0.3 is 0 Å². The maximum absolute atomic E-state index is 12.9. The molecule has 1 unspecified atom stereocenters. The monoisotopic (exact) mass is 328 g/mol. The fourth-order valence-electron chi connectivity index (χ4n) is 2.88.